The number of benzene rings is 1. The quantitative estimate of drug-likeness (QED) is 0.575. The van der Waals surface area contributed by atoms with Gasteiger partial charge < -0.3 is 4.74 Å². The van der Waals surface area contributed by atoms with Gasteiger partial charge in [0.05, 0.1) is 0 Å². The third-order valence-corrected chi connectivity index (χ3v) is 2.22. The second kappa shape index (κ2) is 5.42. The van der Waals surface area contributed by atoms with E-state index < -0.39 is 0 Å². The molecule has 0 atom stereocenters. The lowest BCUT2D eigenvalue weighted by Gasteiger charge is -2.19. The zero-order valence-corrected chi connectivity index (χ0v) is 9.69. The molecular formula is C12H15NO3. The van der Waals surface area contributed by atoms with Crippen molar-refractivity contribution < 1.29 is 14.3 Å². The first-order valence-corrected chi connectivity index (χ1v) is 4.94. The average molecular weight is 221 g/mol. The van der Waals surface area contributed by atoms with E-state index in [1.807, 2.05) is 0 Å². The molecule has 0 aliphatic rings. The van der Waals surface area contributed by atoms with Crippen molar-refractivity contribution in [3.8, 4) is 0 Å². The number of carbonyl (C=O) groups excluding carboxylic acids is 2. The fourth-order valence-corrected chi connectivity index (χ4v) is 1.35. The topological polar surface area (TPSA) is 46.6 Å². The molecule has 0 spiro atoms. The predicted octanol–water partition coefficient (Wildman–Crippen LogP) is 1.85. The standard InChI is InChI=1S/C12H15NO3/c1-9(14)11-4-6-12(7-5-11)13(8-16-3)10(2)15/h4-7H,8H2,1-3H3. The molecule has 86 valence electrons. The number of methoxy groups -OCH3 is 1. The Kier molecular flexibility index (Phi) is 4.19. The highest BCUT2D eigenvalue weighted by Crippen LogP contribution is 2.15. The van der Waals surface area contributed by atoms with Crippen LogP contribution in [0.4, 0.5) is 5.69 Å². The van der Waals surface area contributed by atoms with Crippen LogP contribution in [0.5, 0.6) is 0 Å². The number of amides is 1. The summed E-state index contributed by atoms with van der Waals surface area (Å²) in [7, 11) is 1.53. The van der Waals surface area contributed by atoms with E-state index in [0.29, 0.717) is 5.56 Å². The Balaban J connectivity index is 2.94. The van der Waals surface area contributed by atoms with Crippen LogP contribution in [-0.4, -0.2) is 25.5 Å². The number of rotatable bonds is 4. The molecule has 0 heterocycles. The molecule has 1 rings (SSSR count). The van der Waals surface area contributed by atoms with Crippen LogP contribution >= 0.6 is 0 Å². The van der Waals surface area contributed by atoms with E-state index in [9.17, 15) is 9.59 Å². The number of anilines is 1. The maximum absolute atomic E-state index is 11.3. The van der Waals surface area contributed by atoms with Crippen molar-refractivity contribution in [3.63, 3.8) is 0 Å². The van der Waals surface area contributed by atoms with E-state index in [4.69, 9.17) is 4.74 Å². The first-order valence-electron chi connectivity index (χ1n) is 4.94. The first-order chi connectivity index (χ1) is 7.56. The molecule has 16 heavy (non-hydrogen) atoms. The highest BCUT2D eigenvalue weighted by molar-refractivity contribution is 5.95. The normalized spacial score (nSPS) is 9.94. The fourth-order valence-electron chi connectivity index (χ4n) is 1.35. The lowest BCUT2D eigenvalue weighted by Crippen LogP contribution is -2.30. The summed E-state index contributed by atoms with van der Waals surface area (Å²) in [6.45, 7) is 3.18. The first kappa shape index (κ1) is 12.4. The van der Waals surface area contributed by atoms with Gasteiger partial charge in [-0.1, -0.05) is 0 Å². The third kappa shape index (κ3) is 2.90. The van der Waals surface area contributed by atoms with Gasteiger partial charge >= 0.3 is 0 Å². The molecule has 0 aromatic heterocycles. The molecule has 0 unspecified atom stereocenters. The Morgan fingerprint density at radius 2 is 1.75 bits per heavy atom. The van der Waals surface area contributed by atoms with E-state index in [-0.39, 0.29) is 18.4 Å². The number of ether oxygens (including phenoxy) is 1. The van der Waals surface area contributed by atoms with Gasteiger partial charge in [0, 0.05) is 25.3 Å². The lowest BCUT2D eigenvalue weighted by molar-refractivity contribution is -0.117. The number of carbonyl (C=O) groups is 2. The zero-order chi connectivity index (χ0) is 12.1. The molecule has 1 aromatic rings. The SMILES string of the molecule is COCN(C(C)=O)c1ccc(C(C)=O)cc1. The molecule has 0 saturated carbocycles. The molecule has 4 nitrogen and oxygen atoms in total. The van der Waals surface area contributed by atoms with Crippen LogP contribution in [0.3, 0.4) is 0 Å². The summed E-state index contributed by atoms with van der Waals surface area (Å²) in [5, 5.41) is 0. The van der Waals surface area contributed by atoms with Gasteiger partial charge in [0.1, 0.15) is 6.73 Å². The minimum Gasteiger partial charge on any atom is -0.364 e. The van der Waals surface area contributed by atoms with E-state index in [1.54, 1.807) is 24.3 Å². The summed E-state index contributed by atoms with van der Waals surface area (Å²) in [5.74, 6) is -0.0925. The van der Waals surface area contributed by atoms with Gasteiger partial charge in [-0.3, -0.25) is 14.5 Å². The molecule has 1 amide bonds. The molecule has 1 aromatic carbocycles. The molecule has 0 aliphatic carbocycles. The highest BCUT2D eigenvalue weighted by Gasteiger charge is 2.10. The Labute approximate surface area is 94.8 Å². The third-order valence-electron chi connectivity index (χ3n) is 2.22. The molecule has 0 radical (unpaired) electrons. The van der Waals surface area contributed by atoms with E-state index in [1.165, 1.54) is 25.9 Å². The van der Waals surface area contributed by atoms with Crippen LogP contribution < -0.4 is 4.90 Å². The van der Waals surface area contributed by atoms with Crippen molar-refractivity contribution in [1.29, 1.82) is 0 Å². The van der Waals surface area contributed by atoms with Crippen LogP contribution in [0.15, 0.2) is 24.3 Å². The van der Waals surface area contributed by atoms with Gasteiger partial charge in [0.2, 0.25) is 5.91 Å². The van der Waals surface area contributed by atoms with Gasteiger partial charge in [-0.25, -0.2) is 0 Å². The van der Waals surface area contributed by atoms with Crippen molar-refractivity contribution in [2.75, 3.05) is 18.7 Å². The van der Waals surface area contributed by atoms with E-state index in [2.05, 4.69) is 0 Å². The van der Waals surface area contributed by atoms with Crippen LogP contribution in [0.2, 0.25) is 0 Å². The van der Waals surface area contributed by atoms with Gasteiger partial charge in [-0.15, -0.1) is 0 Å². The zero-order valence-electron chi connectivity index (χ0n) is 9.69. The number of hydrogen-bond acceptors (Lipinski definition) is 3. The van der Waals surface area contributed by atoms with Crippen molar-refractivity contribution in [1.82, 2.24) is 0 Å². The van der Waals surface area contributed by atoms with Gasteiger partial charge in [0.15, 0.2) is 5.78 Å². The minimum atomic E-state index is -0.0996. The largest absolute Gasteiger partial charge is 0.364 e. The Morgan fingerprint density at radius 1 is 1.19 bits per heavy atom. The predicted molar refractivity (Wildman–Crippen MR) is 61.5 cm³/mol. The molecule has 0 N–H and O–H groups in total. The summed E-state index contributed by atoms with van der Waals surface area (Å²) < 4.78 is 4.94. The summed E-state index contributed by atoms with van der Waals surface area (Å²) in [6.07, 6.45) is 0. The van der Waals surface area contributed by atoms with Gasteiger partial charge in [-0.05, 0) is 31.2 Å². The number of nitrogens with zero attached hydrogens (tertiary/aromatic N) is 1. The average Bonchev–Trinajstić information content (AvgIpc) is 2.25. The maximum Gasteiger partial charge on any atom is 0.225 e. The van der Waals surface area contributed by atoms with Crippen LogP contribution in [0, 0.1) is 0 Å². The number of ketones is 1. The smallest absolute Gasteiger partial charge is 0.225 e. The van der Waals surface area contributed by atoms with Crippen molar-refractivity contribution in [3.05, 3.63) is 29.8 Å². The molecular weight excluding hydrogens is 206 g/mol. The minimum absolute atomic E-state index is 0.00710. The maximum atomic E-state index is 11.3. The number of Topliss-reactive ketones (excluding diaryl/α,β-unsaturated/α-hetero) is 1. The molecule has 0 aliphatic heterocycles. The van der Waals surface area contributed by atoms with Crippen LogP contribution in [0.1, 0.15) is 24.2 Å². The van der Waals surface area contributed by atoms with Crippen LogP contribution in [-0.2, 0) is 9.53 Å². The van der Waals surface area contributed by atoms with Crippen LogP contribution in [0.25, 0.3) is 0 Å². The van der Waals surface area contributed by atoms with Crippen molar-refractivity contribution in [2.24, 2.45) is 0 Å². The summed E-state index contributed by atoms with van der Waals surface area (Å²) in [4.78, 5) is 23.9. The Hall–Kier alpha value is -1.68. The van der Waals surface area contributed by atoms with Crippen molar-refractivity contribution in [2.45, 2.75) is 13.8 Å². The summed E-state index contributed by atoms with van der Waals surface area (Å²) in [6, 6.07) is 6.86. The van der Waals surface area contributed by atoms with Gasteiger partial charge in [0.25, 0.3) is 0 Å². The molecule has 4 heteroatoms. The lowest BCUT2D eigenvalue weighted by atomic mass is 10.1. The second-order valence-corrected chi connectivity index (χ2v) is 3.47. The van der Waals surface area contributed by atoms with Gasteiger partial charge in [-0.2, -0.15) is 0 Å². The Morgan fingerprint density at radius 3 is 2.12 bits per heavy atom. The summed E-state index contributed by atoms with van der Waals surface area (Å²) >= 11 is 0. The molecule has 0 bridgehead atoms. The Bertz CT molecular complexity index is 384. The monoisotopic (exact) mass is 221 g/mol. The number of hydrogen-bond donors (Lipinski definition) is 0. The fraction of sp³-hybridized carbons (Fsp3) is 0.333. The van der Waals surface area contributed by atoms with E-state index in [0.717, 1.165) is 5.69 Å². The summed E-state index contributed by atoms with van der Waals surface area (Å²) in [5.41, 5.74) is 1.35. The van der Waals surface area contributed by atoms with E-state index >= 15 is 0 Å². The van der Waals surface area contributed by atoms with Crippen molar-refractivity contribution >= 4 is 17.4 Å². The molecule has 0 saturated heterocycles. The second-order valence-electron chi connectivity index (χ2n) is 3.47. The molecule has 0 fully saturated rings. The highest BCUT2D eigenvalue weighted by atomic mass is 16.5.